The maximum atomic E-state index is 12.7. The third kappa shape index (κ3) is 3.21. The predicted molar refractivity (Wildman–Crippen MR) is 71.7 cm³/mol. The molecule has 1 unspecified atom stereocenters. The van der Waals surface area contributed by atoms with E-state index in [0.717, 1.165) is 32.1 Å². The van der Waals surface area contributed by atoms with E-state index in [9.17, 15) is 4.79 Å². The van der Waals surface area contributed by atoms with Gasteiger partial charge in [0.05, 0.1) is 5.41 Å². The van der Waals surface area contributed by atoms with E-state index in [1.54, 1.807) is 0 Å². The lowest BCUT2D eigenvalue weighted by Gasteiger charge is -2.36. The second-order valence-corrected chi connectivity index (χ2v) is 5.57. The van der Waals surface area contributed by atoms with Gasteiger partial charge < -0.3 is 10.6 Å². The van der Waals surface area contributed by atoms with Crippen molar-refractivity contribution < 1.29 is 4.79 Å². The smallest absolute Gasteiger partial charge is 0.230 e. The number of carbonyl (C=O) groups excluding carboxylic acids is 1. The Morgan fingerprint density at radius 2 is 1.82 bits per heavy atom. The van der Waals surface area contributed by atoms with Gasteiger partial charge in [0.2, 0.25) is 5.91 Å². The molecule has 0 spiro atoms. The molecule has 3 nitrogen and oxygen atoms in total. The van der Waals surface area contributed by atoms with Crippen LogP contribution in [-0.2, 0) is 4.79 Å². The molecule has 0 aromatic carbocycles. The molecule has 0 aromatic heterocycles. The van der Waals surface area contributed by atoms with Crippen LogP contribution in [0.15, 0.2) is 0 Å². The van der Waals surface area contributed by atoms with Gasteiger partial charge in [-0.1, -0.05) is 32.6 Å². The lowest BCUT2D eigenvalue weighted by molar-refractivity contribution is -0.143. The summed E-state index contributed by atoms with van der Waals surface area (Å²) in [5.41, 5.74) is 5.67. The minimum atomic E-state index is -0.269. The first kappa shape index (κ1) is 14.5. The average Bonchev–Trinajstić information content (AvgIpc) is 2.62. The number of hydrogen-bond donors (Lipinski definition) is 1. The van der Waals surface area contributed by atoms with E-state index in [2.05, 4.69) is 13.8 Å². The molecule has 0 radical (unpaired) electrons. The highest BCUT2D eigenvalue weighted by Crippen LogP contribution is 2.36. The van der Waals surface area contributed by atoms with Crippen molar-refractivity contribution in [3.8, 4) is 0 Å². The van der Waals surface area contributed by atoms with E-state index in [0.29, 0.717) is 12.6 Å². The Balaban J connectivity index is 2.80. The molecule has 1 amide bonds. The fourth-order valence-electron chi connectivity index (χ4n) is 2.76. The summed E-state index contributed by atoms with van der Waals surface area (Å²) in [6, 6.07) is 0.314. The highest BCUT2D eigenvalue weighted by Gasteiger charge is 2.39. The zero-order valence-corrected chi connectivity index (χ0v) is 11.7. The monoisotopic (exact) mass is 240 g/mol. The van der Waals surface area contributed by atoms with Crippen molar-refractivity contribution in [2.24, 2.45) is 11.1 Å². The number of nitrogens with two attached hydrogens (primary N) is 1. The number of nitrogens with zero attached hydrogens (tertiary/aromatic N) is 1. The quantitative estimate of drug-likeness (QED) is 0.768. The lowest BCUT2D eigenvalue weighted by atomic mass is 9.78. The van der Waals surface area contributed by atoms with Crippen molar-refractivity contribution in [2.75, 3.05) is 13.6 Å². The summed E-state index contributed by atoms with van der Waals surface area (Å²) in [6.07, 6.45) is 7.76. The van der Waals surface area contributed by atoms with Crippen molar-refractivity contribution in [1.82, 2.24) is 4.90 Å². The Morgan fingerprint density at radius 1 is 1.29 bits per heavy atom. The minimum absolute atomic E-state index is 0.269. The van der Waals surface area contributed by atoms with Gasteiger partial charge in [-0.15, -0.1) is 0 Å². The highest BCUT2D eigenvalue weighted by molar-refractivity contribution is 5.83. The number of carbonyl (C=O) groups is 1. The molecular formula is C14H28N2O. The molecule has 2 N–H and O–H groups in total. The average molecular weight is 240 g/mol. The van der Waals surface area contributed by atoms with Crippen LogP contribution in [0.1, 0.15) is 58.8 Å². The number of hydrogen-bond acceptors (Lipinski definition) is 2. The Labute approximate surface area is 106 Å². The first-order valence-electron chi connectivity index (χ1n) is 7.04. The molecule has 0 heterocycles. The maximum Gasteiger partial charge on any atom is 0.230 e. The summed E-state index contributed by atoms with van der Waals surface area (Å²) in [6.45, 7) is 4.74. The van der Waals surface area contributed by atoms with E-state index in [-0.39, 0.29) is 11.3 Å². The molecular weight excluding hydrogens is 212 g/mol. The zero-order valence-electron chi connectivity index (χ0n) is 11.7. The molecule has 17 heavy (non-hydrogen) atoms. The summed E-state index contributed by atoms with van der Waals surface area (Å²) in [5.74, 6) is 0.274. The van der Waals surface area contributed by atoms with Crippen molar-refractivity contribution in [2.45, 2.75) is 64.8 Å². The van der Waals surface area contributed by atoms with E-state index in [1.807, 2.05) is 11.9 Å². The third-order valence-electron chi connectivity index (χ3n) is 4.48. The fraction of sp³-hybridized carbons (Fsp3) is 0.929. The van der Waals surface area contributed by atoms with Crippen LogP contribution in [0, 0.1) is 5.41 Å². The van der Waals surface area contributed by atoms with E-state index >= 15 is 0 Å². The van der Waals surface area contributed by atoms with E-state index in [1.165, 1.54) is 12.8 Å². The van der Waals surface area contributed by atoms with Crippen molar-refractivity contribution in [3.05, 3.63) is 0 Å². The zero-order chi connectivity index (χ0) is 12.9. The Hall–Kier alpha value is -0.570. The van der Waals surface area contributed by atoms with Gasteiger partial charge in [-0.3, -0.25) is 4.79 Å². The maximum absolute atomic E-state index is 12.7. The molecule has 1 saturated carbocycles. The summed E-state index contributed by atoms with van der Waals surface area (Å²) < 4.78 is 0. The Bertz CT molecular complexity index is 245. The largest absolute Gasteiger partial charge is 0.343 e. The van der Waals surface area contributed by atoms with Crippen LogP contribution >= 0.6 is 0 Å². The van der Waals surface area contributed by atoms with Gasteiger partial charge in [0, 0.05) is 19.6 Å². The van der Waals surface area contributed by atoms with Crippen LogP contribution in [0.3, 0.4) is 0 Å². The number of amides is 1. The van der Waals surface area contributed by atoms with Gasteiger partial charge in [-0.25, -0.2) is 0 Å². The topological polar surface area (TPSA) is 46.3 Å². The normalized spacial score (nSPS) is 21.6. The SMILES string of the molecule is CCC(C)N(C)C(=O)C1(CN)CCCCCC1. The summed E-state index contributed by atoms with van der Waals surface area (Å²) in [5, 5.41) is 0. The van der Waals surface area contributed by atoms with E-state index < -0.39 is 0 Å². The second-order valence-electron chi connectivity index (χ2n) is 5.57. The minimum Gasteiger partial charge on any atom is -0.343 e. The van der Waals surface area contributed by atoms with Gasteiger partial charge >= 0.3 is 0 Å². The summed E-state index contributed by atoms with van der Waals surface area (Å²) in [4.78, 5) is 14.6. The van der Waals surface area contributed by atoms with Crippen molar-refractivity contribution in [1.29, 1.82) is 0 Å². The molecule has 1 fully saturated rings. The van der Waals surface area contributed by atoms with Crippen LogP contribution in [0.5, 0.6) is 0 Å². The third-order valence-corrected chi connectivity index (χ3v) is 4.48. The summed E-state index contributed by atoms with van der Waals surface area (Å²) in [7, 11) is 1.93. The molecule has 1 aliphatic carbocycles. The molecule has 0 bridgehead atoms. The van der Waals surface area contributed by atoms with Gasteiger partial charge in [0.25, 0.3) is 0 Å². The van der Waals surface area contributed by atoms with Gasteiger partial charge in [0.1, 0.15) is 0 Å². The fourth-order valence-corrected chi connectivity index (χ4v) is 2.76. The summed E-state index contributed by atoms with van der Waals surface area (Å²) >= 11 is 0. The van der Waals surface area contributed by atoms with Crippen LogP contribution in [0.4, 0.5) is 0 Å². The van der Waals surface area contributed by atoms with Gasteiger partial charge in [0.15, 0.2) is 0 Å². The molecule has 1 atom stereocenters. The van der Waals surface area contributed by atoms with Gasteiger partial charge in [-0.2, -0.15) is 0 Å². The molecule has 1 aliphatic rings. The Morgan fingerprint density at radius 3 is 2.24 bits per heavy atom. The molecule has 0 saturated heterocycles. The van der Waals surface area contributed by atoms with Gasteiger partial charge in [-0.05, 0) is 26.2 Å². The van der Waals surface area contributed by atoms with Crippen molar-refractivity contribution >= 4 is 5.91 Å². The van der Waals surface area contributed by atoms with E-state index in [4.69, 9.17) is 5.73 Å². The lowest BCUT2D eigenvalue weighted by Crippen LogP contribution is -2.49. The van der Waals surface area contributed by atoms with Crippen molar-refractivity contribution in [3.63, 3.8) is 0 Å². The highest BCUT2D eigenvalue weighted by atomic mass is 16.2. The van der Waals surface area contributed by atoms with Crippen LogP contribution in [-0.4, -0.2) is 30.4 Å². The first-order valence-corrected chi connectivity index (χ1v) is 7.04. The van der Waals surface area contributed by atoms with Crippen LogP contribution in [0.2, 0.25) is 0 Å². The predicted octanol–water partition coefficient (Wildman–Crippen LogP) is 2.54. The molecule has 100 valence electrons. The van der Waals surface area contributed by atoms with Crippen LogP contribution in [0.25, 0.3) is 0 Å². The van der Waals surface area contributed by atoms with Crippen LogP contribution < -0.4 is 5.73 Å². The molecule has 3 heteroatoms. The molecule has 1 rings (SSSR count). The Kier molecular flexibility index (Phi) is 5.44. The standard InChI is InChI=1S/C14H28N2O/c1-4-12(2)16(3)13(17)14(11-15)9-7-5-6-8-10-14/h12H,4-11,15H2,1-3H3. The number of rotatable bonds is 4. The molecule has 0 aromatic rings. The molecule has 0 aliphatic heterocycles. The second kappa shape index (κ2) is 6.39. The first-order chi connectivity index (χ1) is 8.07.